The van der Waals surface area contributed by atoms with Gasteiger partial charge in [-0.15, -0.1) is 0 Å². The highest BCUT2D eigenvalue weighted by atomic mass is 15.2. The van der Waals surface area contributed by atoms with Gasteiger partial charge >= 0.3 is 0 Å². The molecule has 1 N–H and O–H groups in total. The third-order valence-electron chi connectivity index (χ3n) is 5.22. The third kappa shape index (κ3) is 5.89. The molecule has 0 saturated carbocycles. The van der Waals surface area contributed by atoms with Gasteiger partial charge in [0.1, 0.15) is 5.82 Å². The van der Waals surface area contributed by atoms with E-state index < -0.39 is 0 Å². The second-order valence-electron chi connectivity index (χ2n) is 7.72. The minimum Gasteiger partial charge on any atom is -0.343 e. The van der Waals surface area contributed by atoms with Gasteiger partial charge in [-0.2, -0.15) is 5.10 Å². The molecule has 154 valence electrons. The van der Waals surface area contributed by atoms with Crippen molar-refractivity contribution in [3.8, 4) is 0 Å². The number of nitrogens with zero attached hydrogens (tertiary/aromatic N) is 5. The summed E-state index contributed by atoms with van der Waals surface area (Å²) in [6.45, 7) is 15.7. The lowest BCUT2D eigenvalue weighted by Gasteiger charge is -2.21. The van der Waals surface area contributed by atoms with Gasteiger partial charge in [0.05, 0.1) is 6.20 Å². The number of nitrogens with one attached hydrogen (secondary N) is 1. The quantitative estimate of drug-likeness (QED) is 0.811. The van der Waals surface area contributed by atoms with Crippen LogP contribution in [-0.2, 0) is 7.05 Å². The fourth-order valence-corrected chi connectivity index (χ4v) is 3.52. The molecule has 0 unspecified atom stereocenters. The Hall–Kier alpha value is -2.70. The fourth-order valence-electron chi connectivity index (χ4n) is 3.52. The molecule has 1 fully saturated rings. The van der Waals surface area contributed by atoms with Crippen molar-refractivity contribution >= 4 is 23.5 Å². The molecular weight excluding hydrogens is 360 g/mol. The Balaban J connectivity index is 1.73. The van der Waals surface area contributed by atoms with Crippen molar-refractivity contribution in [3.63, 3.8) is 0 Å². The summed E-state index contributed by atoms with van der Waals surface area (Å²) in [6, 6.07) is 2.05. The second-order valence-corrected chi connectivity index (χ2v) is 7.72. The first-order valence-electron chi connectivity index (χ1n) is 10.1. The second kappa shape index (κ2) is 9.67. The average molecular weight is 393 g/mol. The Morgan fingerprint density at radius 3 is 2.69 bits per heavy atom. The average Bonchev–Trinajstić information content (AvgIpc) is 3.02. The Labute approximate surface area is 173 Å². The van der Waals surface area contributed by atoms with Crippen LogP contribution in [0.5, 0.6) is 0 Å². The SMILES string of the molecule is C=C(CN1CCCN(C)CC1)Nc1cc(=C/C(=C)c2cnn(C)c2)/c(=C\C)cn1. The molecule has 1 aliphatic heterocycles. The maximum Gasteiger partial charge on any atom is 0.130 e. The monoisotopic (exact) mass is 392 g/mol. The van der Waals surface area contributed by atoms with E-state index in [4.69, 9.17) is 0 Å². The predicted molar refractivity (Wildman–Crippen MR) is 122 cm³/mol. The molecule has 0 aliphatic carbocycles. The molecule has 6 nitrogen and oxygen atoms in total. The number of pyridine rings is 1. The van der Waals surface area contributed by atoms with Gasteiger partial charge in [-0.1, -0.05) is 19.2 Å². The zero-order valence-corrected chi connectivity index (χ0v) is 17.9. The van der Waals surface area contributed by atoms with E-state index in [2.05, 4.69) is 63.6 Å². The van der Waals surface area contributed by atoms with Crippen LogP contribution in [0, 0.1) is 0 Å². The summed E-state index contributed by atoms with van der Waals surface area (Å²) < 4.78 is 1.78. The number of likely N-dealkylation sites (N-methyl/N-ethyl adjacent to an activating group) is 1. The van der Waals surface area contributed by atoms with E-state index in [1.165, 1.54) is 6.42 Å². The highest BCUT2D eigenvalue weighted by molar-refractivity contribution is 5.86. The van der Waals surface area contributed by atoms with Crippen LogP contribution >= 0.6 is 0 Å². The molecule has 6 heteroatoms. The Kier molecular flexibility index (Phi) is 7.01. The lowest BCUT2D eigenvalue weighted by Crippen LogP contribution is -2.32. The number of aromatic nitrogens is 3. The van der Waals surface area contributed by atoms with Gasteiger partial charge in [-0.25, -0.2) is 4.98 Å². The van der Waals surface area contributed by atoms with Crippen molar-refractivity contribution in [1.29, 1.82) is 0 Å². The van der Waals surface area contributed by atoms with E-state index in [0.29, 0.717) is 0 Å². The number of rotatable bonds is 6. The Bertz CT molecular complexity index is 987. The molecule has 1 saturated heterocycles. The van der Waals surface area contributed by atoms with Crippen molar-refractivity contribution < 1.29 is 0 Å². The highest BCUT2D eigenvalue weighted by Gasteiger charge is 2.13. The molecule has 0 radical (unpaired) electrons. The number of anilines is 1. The van der Waals surface area contributed by atoms with Crippen LogP contribution in [0.3, 0.4) is 0 Å². The Morgan fingerprint density at radius 2 is 1.97 bits per heavy atom. The number of allylic oxidation sites excluding steroid dienone is 1. The minimum absolute atomic E-state index is 0.803. The van der Waals surface area contributed by atoms with Gasteiger partial charge in [-0.3, -0.25) is 9.58 Å². The van der Waals surface area contributed by atoms with Crippen LogP contribution in [0.15, 0.2) is 43.5 Å². The molecule has 0 bridgehead atoms. The van der Waals surface area contributed by atoms with Gasteiger partial charge < -0.3 is 10.2 Å². The fraction of sp³-hybridized carbons (Fsp3) is 0.391. The van der Waals surface area contributed by atoms with Gasteiger partial charge in [0.25, 0.3) is 0 Å². The van der Waals surface area contributed by atoms with Gasteiger partial charge in [-0.05, 0) is 61.6 Å². The summed E-state index contributed by atoms with van der Waals surface area (Å²) in [4.78, 5) is 9.39. The molecule has 0 atom stereocenters. The van der Waals surface area contributed by atoms with Gasteiger partial charge in [0.15, 0.2) is 0 Å². The lowest BCUT2D eigenvalue weighted by atomic mass is 10.1. The molecule has 0 spiro atoms. The summed E-state index contributed by atoms with van der Waals surface area (Å²) in [6.07, 6.45) is 11.0. The summed E-state index contributed by atoms with van der Waals surface area (Å²) in [7, 11) is 4.09. The zero-order chi connectivity index (χ0) is 20.8. The molecular formula is C23H32N6. The number of hydrogen-bond acceptors (Lipinski definition) is 5. The van der Waals surface area contributed by atoms with E-state index in [0.717, 1.165) is 65.8 Å². The first-order valence-corrected chi connectivity index (χ1v) is 10.1. The van der Waals surface area contributed by atoms with Crippen LogP contribution in [0.4, 0.5) is 5.82 Å². The van der Waals surface area contributed by atoms with Crippen molar-refractivity contribution in [2.24, 2.45) is 7.05 Å². The first kappa shape index (κ1) is 21.0. The zero-order valence-electron chi connectivity index (χ0n) is 17.9. The molecule has 0 aromatic carbocycles. The van der Waals surface area contributed by atoms with Crippen molar-refractivity contribution in [2.45, 2.75) is 13.3 Å². The molecule has 3 heterocycles. The minimum atomic E-state index is 0.803. The topological polar surface area (TPSA) is 49.2 Å². The lowest BCUT2D eigenvalue weighted by molar-refractivity contribution is 0.296. The molecule has 2 aromatic rings. The highest BCUT2D eigenvalue weighted by Crippen LogP contribution is 2.12. The number of hydrogen-bond donors (Lipinski definition) is 1. The number of aryl methyl sites for hydroxylation is 1. The Morgan fingerprint density at radius 1 is 1.14 bits per heavy atom. The van der Waals surface area contributed by atoms with Crippen LogP contribution in [-0.4, -0.2) is 64.3 Å². The summed E-state index contributed by atoms with van der Waals surface area (Å²) in [5.74, 6) is 0.803. The first-order chi connectivity index (χ1) is 13.9. The normalized spacial score (nSPS) is 17.3. The van der Waals surface area contributed by atoms with E-state index in [1.54, 1.807) is 4.68 Å². The van der Waals surface area contributed by atoms with Crippen LogP contribution in [0.2, 0.25) is 0 Å². The van der Waals surface area contributed by atoms with Crippen LogP contribution in [0.25, 0.3) is 17.7 Å². The van der Waals surface area contributed by atoms with E-state index in [-0.39, 0.29) is 0 Å². The van der Waals surface area contributed by atoms with E-state index in [1.807, 2.05) is 32.6 Å². The maximum absolute atomic E-state index is 4.56. The molecule has 0 amide bonds. The van der Waals surface area contributed by atoms with E-state index >= 15 is 0 Å². The van der Waals surface area contributed by atoms with Crippen LogP contribution < -0.4 is 15.8 Å². The largest absolute Gasteiger partial charge is 0.343 e. The van der Waals surface area contributed by atoms with Gasteiger partial charge in [0, 0.05) is 50.3 Å². The van der Waals surface area contributed by atoms with Crippen molar-refractivity contribution in [3.05, 3.63) is 59.5 Å². The van der Waals surface area contributed by atoms with Crippen molar-refractivity contribution in [1.82, 2.24) is 24.6 Å². The molecule has 29 heavy (non-hydrogen) atoms. The smallest absolute Gasteiger partial charge is 0.130 e. The third-order valence-corrected chi connectivity index (χ3v) is 5.22. The molecule has 3 rings (SSSR count). The maximum atomic E-state index is 4.56. The van der Waals surface area contributed by atoms with Crippen LogP contribution in [0.1, 0.15) is 18.9 Å². The molecule has 1 aliphatic rings. The van der Waals surface area contributed by atoms with Crippen molar-refractivity contribution in [2.75, 3.05) is 45.1 Å². The summed E-state index contributed by atoms with van der Waals surface area (Å²) >= 11 is 0. The predicted octanol–water partition coefficient (Wildman–Crippen LogP) is 1.67. The summed E-state index contributed by atoms with van der Waals surface area (Å²) in [5.41, 5.74) is 2.90. The molecule has 2 aromatic heterocycles. The van der Waals surface area contributed by atoms with E-state index in [9.17, 15) is 0 Å². The summed E-state index contributed by atoms with van der Waals surface area (Å²) in [5, 5.41) is 9.76. The van der Waals surface area contributed by atoms with Gasteiger partial charge in [0.2, 0.25) is 0 Å². The standard InChI is InChI=1S/C23H32N6/c1-6-20-14-24-23(13-21(20)12-18(2)22-15-25-28(5)17-22)26-19(3)16-29-9-7-8-27(4)10-11-29/h6,12-15,17,26H,2-3,7-11,16H2,1,4-5H3/b20-6-,21-12-.